The number of hydrogen-bond acceptors (Lipinski definition) is 6. The van der Waals surface area contributed by atoms with Crippen molar-refractivity contribution in [3.05, 3.63) is 40.5 Å². The minimum Gasteiger partial charge on any atom is -0.462 e. The van der Waals surface area contributed by atoms with Crippen LogP contribution < -0.4 is 0 Å². The number of fused-ring (bicyclic) bond motifs is 1. The fourth-order valence-electron chi connectivity index (χ4n) is 2.35. The second-order valence-corrected chi connectivity index (χ2v) is 5.90. The summed E-state index contributed by atoms with van der Waals surface area (Å²) in [6.45, 7) is 3.91. The van der Waals surface area contributed by atoms with Crippen molar-refractivity contribution in [3.63, 3.8) is 0 Å². The van der Waals surface area contributed by atoms with Crippen molar-refractivity contribution >= 4 is 34.4 Å². The third-order valence-electron chi connectivity index (χ3n) is 3.41. The number of thiazole rings is 1. The molecule has 0 aliphatic heterocycles. The maximum absolute atomic E-state index is 11.9. The van der Waals surface area contributed by atoms with Gasteiger partial charge in [0.05, 0.1) is 18.5 Å². The molecular weight excluding hydrogens is 314 g/mol. The smallest absolute Gasteiger partial charge is 0.350 e. The lowest BCUT2D eigenvalue weighted by Gasteiger charge is -1.98. The summed E-state index contributed by atoms with van der Waals surface area (Å²) >= 11 is 1.31. The molecule has 0 saturated carbocycles. The summed E-state index contributed by atoms with van der Waals surface area (Å²) in [5.41, 5.74) is 3.27. The van der Waals surface area contributed by atoms with E-state index in [9.17, 15) is 4.79 Å². The molecule has 2 aromatic heterocycles. The number of esters is 1. The zero-order chi connectivity index (χ0) is 16.4. The first-order valence-corrected chi connectivity index (χ1v) is 7.89. The number of aromatic nitrogens is 2. The molecule has 23 heavy (non-hydrogen) atoms. The molecule has 0 unspecified atom stereocenters. The van der Waals surface area contributed by atoms with Crippen LogP contribution in [0.1, 0.15) is 27.9 Å². The van der Waals surface area contributed by atoms with E-state index in [4.69, 9.17) is 9.94 Å². The third kappa shape index (κ3) is 2.83. The third-order valence-corrected chi connectivity index (χ3v) is 4.60. The van der Waals surface area contributed by atoms with E-state index in [0.717, 1.165) is 27.0 Å². The zero-order valence-electron chi connectivity index (χ0n) is 12.7. The van der Waals surface area contributed by atoms with Crippen molar-refractivity contribution in [2.45, 2.75) is 13.8 Å². The Hall–Kier alpha value is -2.67. The molecule has 0 aliphatic carbocycles. The predicted molar refractivity (Wildman–Crippen MR) is 89.5 cm³/mol. The van der Waals surface area contributed by atoms with Crippen LogP contribution in [0.25, 0.3) is 21.5 Å². The summed E-state index contributed by atoms with van der Waals surface area (Å²) in [5, 5.41) is 13.5. The highest BCUT2D eigenvalue weighted by molar-refractivity contribution is 7.17. The van der Waals surface area contributed by atoms with Gasteiger partial charge in [-0.15, -0.1) is 11.3 Å². The Kier molecular flexibility index (Phi) is 4.12. The number of nitrogens with one attached hydrogen (secondary N) is 1. The number of aryl methyl sites for hydroxylation is 1. The van der Waals surface area contributed by atoms with E-state index < -0.39 is 0 Å². The second kappa shape index (κ2) is 6.21. The van der Waals surface area contributed by atoms with Gasteiger partial charge in [0.25, 0.3) is 0 Å². The first kappa shape index (κ1) is 15.2. The van der Waals surface area contributed by atoms with Gasteiger partial charge < -0.3 is 14.9 Å². The van der Waals surface area contributed by atoms with Crippen molar-refractivity contribution in [2.75, 3.05) is 6.61 Å². The lowest BCUT2D eigenvalue weighted by atomic mass is 10.1. The van der Waals surface area contributed by atoms with Gasteiger partial charge in [0, 0.05) is 28.2 Å². The highest BCUT2D eigenvalue weighted by Gasteiger charge is 2.17. The topological polar surface area (TPSA) is 87.6 Å². The van der Waals surface area contributed by atoms with Crippen LogP contribution in [0.15, 0.2) is 29.6 Å². The maximum atomic E-state index is 11.9. The Bertz CT molecular complexity index is 895. The standard InChI is InChI=1S/C16H15N3O3S/c1-3-22-16(20)14-9(2)19-15(23-14)10-4-5-13-12(6-10)11(7-17-13)8-18-21/h4-8,17,21H,3H2,1-2H3. The highest BCUT2D eigenvalue weighted by atomic mass is 32.1. The Morgan fingerprint density at radius 2 is 2.35 bits per heavy atom. The molecule has 0 atom stereocenters. The van der Waals surface area contributed by atoms with E-state index in [-0.39, 0.29) is 5.97 Å². The van der Waals surface area contributed by atoms with Crippen LogP contribution in [0.3, 0.4) is 0 Å². The van der Waals surface area contributed by atoms with Crippen LogP contribution in [0, 0.1) is 6.92 Å². The van der Waals surface area contributed by atoms with Crippen LogP contribution in [0.4, 0.5) is 0 Å². The number of nitrogens with zero attached hydrogens (tertiary/aromatic N) is 2. The predicted octanol–water partition coefficient (Wildman–Crippen LogP) is 3.58. The minimum atomic E-state index is -0.343. The quantitative estimate of drug-likeness (QED) is 0.331. The summed E-state index contributed by atoms with van der Waals surface area (Å²) in [6.07, 6.45) is 3.14. The molecule has 0 saturated heterocycles. The van der Waals surface area contributed by atoms with Gasteiger partial charge in [-0.2, -0.15) is 0 Å². The number of rotatable bonds is 4. The Labute approximate surface area is 136 Å². The number of ether oxygens (including phenoxy) is 1. The molecule has 0 aliphatic rings. The number of aromatic amines is 1. The van der Waals surface area contributed by atoms with Gasteiger partial charge in [-0.25, -0.2) is 9.78 Å². The van der Waals surface area contributed by atoms with Crippen molar-refractivity contribution in [3.8, 4) is 10.6 Å². The highest BCUT2D eigenvalue weighted by Crippen LogP contribution is 2.31. The van der Waals surface area contributed by atoms with Crippen molar-refractivity contribution in [1.29, 1.82) is 0 Å². The van der Waals surface area contributed by atoms with Crippen LogP contribution in [0.5, 0.6) is 0 Å². The van der Waals surface area contributed by atoms with Crippen molar-refractivity contribution < 1.29 is 14.7 Å². The van der Waals surface area contributed by atoms with E-state index in [1.807, 2.05) is 18.2 Å². The van der Waals surface area contributed by atoms with E-state index in [2.05, 4.69) is 15.1 Å². The number of carbonyl (C=O) groups is 1. The molecular formula is C16H15N3O3S. The first-order chi connectivity index (χ1) is 11.1. The molecule has 7 heteroatoms. The van der Waals surface area contributed by atoms with Gasteiger partial charge in [-0.3, -0.25) is 0 Å². The first-order valence-electron chi connectivity index (χ1n) is 7.07. The second-order valence-electron chi connectivity index (χ2n) is 4.90. The number of hydrogen-bond donors (Lipinski definition) is 2. The van der Waals surface area contributed by atoms with Crippen LogP contribution >= 0.6 is 11.3 Å². The monoisotopic (exact) mass is 329 g/mol. The summed E-state index contributed by atoms with van der Waals surface area (Å²) in [7, 11) is 0. The average Bonchev–Trinajstić information content (AvgIpc) is 3.11. The van der Waals surface area contributed by atoms with Crippen LogP contribution in [-0.4, -0.2) is 34.0 Å². The zero-order valence-corrected chi connectivity index (χ0v) is 13.5. The fraction of sp³-hybridized carbons (Fsp3) is 0.188. The van der Waals surface area contributed by atoms with E-state index in [0.29, 0.717) is 17.2 Å². The largest absolute Gasteiger partial charge is 0.462 e. The van der Waals surface area contributed by atoms with Gasteiger partial charge in [-0.05, 0) is 32.0 Å². The lowest BCUT2D eigenvalue weighted by molar-refractivity contribution is 0.0531. The number of oxime groups is 1. The molecule has 1 aromatic carbocycles. The lowest BCUT2D eigenvalue weighted by Crippen LogP contribution is -2.03. The normalized spacial score (nSPS) is 11.4. The van der Waals surface area contributed by atoms with E-state index in [1.54, 1.807) is 20.0 Å². The summed E-state index contributed by atoms with van der Waals surface area (Å²) in [5.74, 6) is -0.343. The molecule has 6 nitrogen and oxygen atoms in total. The molecule has 0 radical (unpaired) electrons. The van der Waals surface area contributed by atoms with Crippen molar-refractivity contribution in [1.82, 2.24) is 9.97 Å². The Morgan fingerprint density at radius 1 is 1.52 bits per heavy atom. The van der Waals surface area contributed by atoms with Gasteiger partial charge in [-0.1, -0.05) is 5.16 Å². The molecule has 2 N–H and O–H groups in total. The maximum Gasteiger partial charge on any atom is 0.350 e. The van der Waals surface area contributed by atoms with Gasteiger partial charge in [0.1, 0.15) is 9.88 Å². The van der Waals surface area contributed by atoms with E-state index >= 15 is 0 Å². The SMILES string of the molecule is CCOC(=O)c1sc(-c2ccc3[nH]cc(C=NO)c3c2)nc1C. The van der Waals surface area contributed by atoms with Gasteiger partial charge in [0.2, 0.25) is 0 Å². The van der Waals surface area contributed by atoms with Crippen molar-refractivity contribution in [2.24, 2.45) is 5.16 Å². The fourth-order valence-corrected chi connectivity index (χ4v) is 3.31. The molecule has 0 fully saturated rings. The Morgan fingerprint density at radius 3 is 3.09 bits per heavy atom. The molecule has 118 valence electrons. The summed E-state index contributed by atoms with van der Waals surface area (Å²) in [4.78, 5) is 20.0. The van der Waals surface area contributed by atoms with E-state index in [1.165, 1.54) is 17.6 Å². The Balaban J connectivity index is 2.05. The molecule has 3 aromatic rings. The number of benzene rings is 1. The molecule has 0 spiro atoms. The van der Waals surface area contributed by atoms with Crippen LogP contribution in [-0.2, 0) is 4.74 Å². The molecule has 3 rings (SSSR count). The molecule has 0 amide bonds. The number of carbonyl (C=O) groups excluding carboxylic acids is 1. The molecule has 0 bridgehead atoms. The minimum absolute atomic E-state index is 0.338. The van der Waals surface area contributed by atoms with Gasteiger partial charge in [0.15, 0.2) is 0 Å². The summed E-state index contributed by atoms with van der Waals surface area (Å²) < 4.78 is 5.05. The average molecular weight is 329 g/mol. The molecule has 2 heterocycles. The van der Waals surface area contributed by atoms with Crippen LogP contribution in [0.2, 0.25) is 0 Å². The number of H-pyrrole nitrogens is 1. The van der Waals surface area contributed by atoms with Gasteiger partial charge >= 0.3 is 5.97 Å². The summed E-state index contributed by atoms with van der Waals surface area (Å²) in [6, 6.07) is 5.82.